The van der Waals surface area contributed by atoms with Crippen molar-refractivity contribution in [1.82, 2.24) is 9.97 Å². The Kier molecular flexibility index (Phi) is 13.3. The first-order valence-corrected chi connectivity index (χ1v) is 12.9. The minimum atomic E-state index is -1.10. The zero-order chi connectivity index (χ0) is 23.7. The zero-order valence-corrected chi connectivity index (χ0v) is 20.5. The van der Waals surface area contributed by atoms with Crippen LogP contribution in [0.5, 0.6) is 0 Å². The number of carbonyl (C=O) groups is 1. The summed E-state index contributed by atoms with van der Waals surface area (Å²) in [6.07, 6.45) is 17.1. The number of rotatable bonds is 17. The van der Waals surface area contributed by atoms with E-state index < -0.39 is 12.1 Å². The molecule has 182 valence electrons. The second-order valence-corrected chi connectivity index (χ2v) is 8.91. The molecule has 0 fully saturated rings. The van der Waals surface area contributed by atoms with Gasteiger partial charge >= 0.3 is 5.97 Å². The van der Waals surface area contributed by atoms with Crippen molar-refractivity contribution < 1.29 is 13.9 Å². The Morgan fingerprint density at radius 1 is 0.848 bits per heavy atom. The van der Waals surface area contributed by atoms with Gasteiger partial charge in [0.15, 0.2) is 5.82 Å². The molecule has 33 heavy (non-hydrogen) atoms. The van der Waals surface area contributed by atoms with E-state index in [1.807, 2.05) is 12.4 Å². The third-order valence-electron chi connectivity index (χ3n) is 5.92. The molecule has 2 aromatic rings. The van der Waals surface area contributed by atoms with E-state index in [2.05, 4.69) is 23.8 Å². The van der Waals surface area contributed by atoms with Crippen molar-refractivity contribution >= 4 is 5.97 Å². The molecule has 1 aromatic heterocycles. The van der Waals surface area contributed by atoms with Crippen molar-refractivity contribution in [1.29, 1.82) is 0 Å². The van der Waals surface area contributed by atoms with Crippen LogP contribution in [0.15, 0.2) is 36.7 Å². The van der Waals surface area contributed by atoms with Gasteiger partial charge in [-0.25, -0.2) is 19.2 Å². The van der Waals surface area contributed by atoms with Crippen LogP contribution in [0.25, 0.3) is 11.4 Å². The minimum Gasteiger partial charge on any atom is -0.459 e. The van der Waals surface area contributed by atoms with Crippen LogP contribution in [0.3, 0.4) is 0 Å². The molecule has 0 N–H and O–H groups in total. The summed E-state index contributed by atoms with van der Waals surface area (Å²) in [4.78, 5) is 21.2. The monoisotopic (exact) mass is 456 g/mol. The normalized spacial score (nSPS) is 12.0. The number of nitrogens with zero attached hydrogens (tertiary/aromatic N) is 2. The largest absolute Gasteiger partial charge is 0.459 e. The topological polar surface area (TPSA) is 52.1 Å². The molecule has 1 aromatic carbocycles. The molecule has 5 heteroatoms. The number of hydrogen-bond donors (Lipinski definition) is 0. The van der Waals surface area contributed by atoms with Crippen molar-refractivity contribution in [2.75, 3.05) is 6.61 Å². The molecule has 1 unspecified atom stereocenters. The fourth-order valence-corrected chi connectivity index (χ4v) is 3.80. The lowest BCUT2D eigenvalue weighted by Gasteiger charge is -2.10. The van der Waals surface area contributed by atoms with Crippen molar-refractivity contribution in [3.05, 3.63) is 47.8 Å². The second kappa shape index (κ2) is 16.3. The second-order valence-electron chi connectivity index (χ2n) is 8.91. The van der Waals surface area contributed by atoms with Gasteiger partial charge < -0.3 is 4.74 Å². The van der Waals surface area contributed by atoms with Gasteiger partial charge in [0, 0.05) is 18.0 Å². The van der Waals surface area contributed by atoms with Gasteiger partial charge in [0.1, 0.15) is 12.8 Å². The Hall–Kier alpha value is -2.30. The van der Waals surface area contributed by atoms with Gasteiger partial charge in [0.05, 0.1) is 5.56 Å². The van der Waals surface area contributed by atoms with Crippen molar-refractivity contribution in [2.45, 2.75) is 103 Å². The molecule has 0 bridgehead atoms. The van der Waals surface area contributed by atoms with Gasteiger partial charge in [-0.2, -0.15) is 0 Å². The zero-order valence-electron chi connectivity index (χ0n) is 20.5. The minimum absolute atomic E-state index is 0.182. The summed E-state index contributed by atoms with van der Waals surface area (Å²) in [7, 11) is 0. The van der Waals surface area contributed by atoms with Crippen LogP contribution in [0.2, 0.25) is 0 Å². The third kappa shape index (κ3) is 10.9. The van der Waals surface area contributed by atoms with E-state index in [9.17, 15) is 9.18 Å². The number of aryl methyl sites for hydroxylation is 1. The first-order valence-electron chi connectivity index (χ1n) is 12.9. The lowest BCUT2D eigenvalue weighted by molar-refractivity contribution is 0.0389. The van der Waals surface area contributed by atoms with Gasteiger partial charge in [-0.3, -0.25) is 0 Å². The molecule has 0 aliphatic carbocycles. The molecule has 0 radical (unpaired) electrons. The van der Waals surface area contributed by atoms with Crippen LogP contribution in [0.4, 0.5) is 4.39 Å². The number of halogens is 1. The SMILES string of the molecule is CCCCCCCCC(F)COC(=O)c1ccc(-c2ncc(CCCCCCC)cn2)cc1. The maximum Gasteiger partial charge on any atom is 0.338 e. The number of alkyl halides is 1. The molecule has 1 atom stereocenters. The first kappa shape index (κ1) is 26.9. The molecule has 0 spiro atoms. The lowest BCUT2D eigenvalue weighted by Crippen LogP contribution is -2.15. The highest BCUT2D eigenvalue weighted by molar-refractivity contribution is 5.89. The number of unbranched alkanes of at least 4 members (excludes halogenated alkanes) is 9. The molecule has 4 nitrogen and oxygen atoms in total. The van der Waals surface area contributed by atoms with E-state index in [0.717, 1.165) is 43.2 Å². The van der Waals surface area contributed by atoms with Crippen molar-refractivity contribution in [3.63, 3.8) is 0 Å². The number of esters is 1. The van der Waals surface area contributed by atoms with Gasteiger partial charge in [0.2, 0.25) is 0 Å². The summed E-state index contributed by atoms with van der Waals surface area (Å²) < 4.78 is 19.2. The molecule has 0 saturated carbocycles. The van der Waals surface area contributed by atoms with Crippen molar-refractivity contribution in [3.8, 4) is 11.4 Å². The van der Waals surface area contributed by atoms with E-state index in [1.54, 1.807) is 24.3 Å². The number of ether oxygens (including phenoxy) is 1. The van der Waals surface area contributed by atoms with Crippen LogP contribution in [0, 0.1) is 0 Å². The van der Waals surface area contributed by atoms with E-state index in [1.165, 1.54) is 44.9 Å². The standard InChI is InChI=1S/C28H41FN2O2/c1-3-5-7-9-11-13-15-26(29)22-33-28(32)25-18-16-24(17-19-25)27-30-20-23(21-31-27)14-12-10-8-6-4-2/h16-21,26H,3-15,22H2,1-2H3. The Morgan fingerprint density at radius 3 is 2.06 bits per heavy atom. The number of benzene rings is 1. The fourth-order valence-electron chi connectivity index (χ4n) is 3.80. The van der Waals surface area contributed by atoms with Crippen LogP contribution in [-0.4, -0.2) is 28.7 Å². The Balaban J connectivity index is 1.72. The van der Waals surface area contributed by atoms with E-state index >= 15 is 0 Å². The Morgan fingerprint density at radius 2 is 1.42 bits per heavy atom. The highest BCUT2D eigenvalue weighted by Crippen LogP contribution is 2.17. The van der Waals surface area contributed by atoms with E-state index in [-0.39, 0.29) is 6.61 Å². The van der Waals surface area contributed by atoms with Gasteiger partial charge in [-0.1, -0.05) is 90.2 Å². The van der Waals surface area contributed by atoms with Crippen LogP contribution < -0.4 is 0 Å². The summed E-state index contributed by atoms with van der Waals surface area (Å²) >= 11 is 0. The first-order chi connectivity index (χ1) is 16.1. The molecule has 2 rings (SSSR count). The summed E-state index contributed by atoms with van der Waals surface area (Å²) in [6, 6.07) is 6.98. The Bertz CT molecular complexity index is 777. The fraction of sp³-hybridized carbons (Fsp3) is 0.607. The molecule has 1 heterocycles. The quantitative estimate of drug-likeness (QED) is 0.179. The number of hydrogen-bond acceptors (Lipinski definition) is 4. The van der Waals surface area contributed by atoms with Gasteiger partial charge in [0.25, 0.3) is 0 Å². The van der Waals surface area contributed by atoms with Crippen LogP contribution in [-0.2, 0) is 11.2 Å². The highest BCUT2D eigenvalue weighted by atomic mass is 19.1. The predicted molar refractivity (Wildman–Crippen MR) is 133 cm³/mol. The summed E-state index contributed by atoms with van der Waals surface area (Å²) in [5, 5.41) is 0. The predicted octanol–water partition coefficient (Wildman–Crippen LogP) is 7.90. The number of aromatic nitrogens is 2. The Labute approximate surface area is 199 Å². The maximum atomic E-state index is 14.0. The van der Waals surface area contributed by atoms with Crippen LogP contribution in [0.1, 0.15) is 107 Å². The molecular formula is C28H41FN2O2. The van der Waals surface area contributed by atoms with Crippen molar-refractivity contribution in [2.24, 2.45) is 0 Å². The molecule has 0 saturated heterocycles. The summed E-state index contributed by atoms with van der Waals surface area (Å²) in [5.74, 6) is 0.138. The third-order valence-corrected chi connectivity index (χ3v) is 5.92. The summed E-state index contributed by atoms with van der Waals surface area (Å²) in [5.41, 5.74) is 2.40. The van der Waals surface area contributed by atoms with E-state index in [0.29, 0.717) is 17.8 Å². The van der Waals surface area contributed by atoms with Gasteiger partial charge in [-0.05, 0) is 37.0 Å². The maximum absolute atomic E-state index is 14.0. The molecule has 0 aliphatic heterocycles. The molecular weight excluding hydrogens is 415 g/mol. The van der Waals surface area contributed by atoms with Gasteiger partial charge in [-0.15, -0.1) is 0 Å². The van der Waals surface area contributed by atoms with Crippen LogP contribution >= 0.6 is 0 Å². The molecule has 0 aliphatic rings. The lowest BCUT2D eigenvalue weighted by atomic mass is 10.1. The molecule has 0 amide bonds. The van der Waals surface area contributed by atoms with E-state index in [4.69, 9.17) is 4.74 Å². The average Bonchev–Trinajstić information content (AvgIpc) is 2.85. The average molecular weight is 457 g/mol. The smallest absolute Gasteiger partial charge is 0.338 e. The number of carbonyl (C=O) groups excluding carboxylic acids is 1. The summed E-state index contributed by atoms with van der Waals surface area (Å²) in [6.45, 7) is 4.22. The highest BCUT2D eigenvalue weighted by Gasteiger charge is 2.13.